The van der Waals surface area contributed by atoms with Crippen molar-refractivity contribution in [3.63, 3.8) is 0 Å². The molecule has 2 heterocycles. The molecule has 168 valence electrons. The molecular weight excluding hydrogens is 402 g/mol. The fourth-order valence-corrected chi connectivity index (χ4v) is 4.36. The van der Waals surface area contributed by atoms with Gasteiger partial charge in [-0.3, -0.25) is 9.89 Å². The number of fused-ring (bicyclic) bond motifs is 1. The molecule has 1 atom stereocenters. The van der Waals surface area contributed by atoms with Crippen LogP contribution in [0.2, 0.25) is 0 Å². The van der Waals surface area contributed by atoms with Gasteiger partial charge in [-0.1, -0.05) is 56.2 Å². The maximum atomic E-state index is 13.4. The van der Waals surface area contributed by atoms with Gasteiger partial charge in [-0.25, -0.2) is 0 Å². The predicted molar refractivity (Wildman–Crippen MR) is 125 cm³/mol. The Hall–Kier alpha value is -3.28. The minimum Gasteiger partial charge on any atom is -0.490 e. The Morgan fingerprint density at radius 1 is 0.969 bits per heavy atom. The lowest BCUT2D eigenvalue weighted by atomic mass is 9.95. The van der Waals surface area contributed by atoms with Crippen molar-refractivity contribution in [2.75, 3.05) is 19.8 Å². The smallest absolute Gasteiger partial charge is 0.273 e. The van der Waals surface area contributed by atoms with Crippen molar-refractivity contribution in [1.29, 1.82) is 0 Å². The van der Waals surface area contributed by atoms with E-state index < -0.39 is 0 Å². The summed E-state index contributed by atoms with van der Waals surface area (Å²) in [7, 11) is 0. The van der Waals surface area contributed by atoms with Gasteiger partial charge in [0.2, 0.25) is 0 Å². The summed E-state index contributed by atoms with van der Waals surface area (Å²) in [5.41, 5.74) is 4.33. The summed E-state index contributed by atoms with van der Waals surface area (Å²) < 4.78 is 11.6. The summed E-state index contributed by atoms with van der Waals surface area (Å²) in [5.74, 6) is 1.42. The van der Waals surface area contributed by atoms with E-state index >= 15 is 0 Å². The Kier molecular flexibility index (Phi) is 6.78. The zero-order valence-corrected chi connectivity index (χ0v) is 19.1. The lowest BCUT2D eigenvalue weighted by Crippen LogP contribution is -2.30. The van der Waals surface area contributed by atoms with Crippen LogP contribution < -0.4 is 9.47 Å². The molecule has 1 N–H and O–H groups in total. The van der Waals surface area contributed by atoms with Crippen LogP contribution in [0.25, 0.3) is 11.3 Å². The fourth-order valence-electron chi connectivity index (χ4n) is 4.36. The highest BCUT2D eigenvalue weighted by molar-refractivity contribution is 6.00. The van der Waals surface area contributed by atoms with Crippen molar-refractivity contribution in [2.45, 2.75) is 46.1 Å². The number of nitrogens with one attached hydrogen (secondary N) is 1. The molecule has 1 amide bonds. The summed E-state index contributed by atoms with van der Waals surface area (Å²) in [6.07, 6.45) is 3.15. The third kappa shape index (κ3) is 4.09. The molecule has 6 heteroatoms. The Morgan fingerprint density at radius 2 is 1.72 bits per heavy atom. The van der Waals surface area contributed by atoms with Gasteiger partial charge < -0.3 is 14.4 Å². The summed E-state index contributed by atoms with van der Waals surface area (Å²) in [6.45, 7) is 7.89. The number of benzene rings is 2. The van der Waals surface area contributed by atoms with E-state index in [1.165, 1.54) is 0 Å². The van der Waals surface area contributed by atoms with Crippen LogP contribution in [0.5, 0.6) is 11.5 Å². The average Bonchev–Trinajstić information content (AvgIpc) is 3.35. The SMILES string of the molecule is CCCCCN1C(=O)c2[nH]nc(-c3ccccc3)c2C1c1ccc(OCC)c(OCC)c1. The van der Waals surface area contributed by atoms with Gasteiger partial charge >= 0.3 is 0 Å². The molecule has 1 aliphatic heterocycles. The Balaban J connectivity index is 1.82. The van der Waals surface area contributed by atoms with Gasteiger partial charge in [-0.05, 0) is 38.0 Å². The first-order chi connectivity index (χ1) is 15.7. The van der Waals surface area contributed by atoms with Crippen molar-refractivity contribution in [1.82, 2.24) is 15.1 Å². The molecule has 0 spiro atoms. The molecule has 3 aromatic rings. The molecule has 0 bridgehead atoms. The molecule has 0 saturated carbocycles. The molecule has 32 heavy (non-hydrogen) atoms. The van der Waals surface area contributed by atoms with Gasteiger partial charge in [0, 0.05) is 17.7 Å². The van der Waals surface area contributed by atoms with Gasteiger partial charge in [0.25, 0.3) is 5.91 Å². The van der Waals surface area contributed by atoms with Gasteiger partial charge in [0.05, 0.1) is 24.9 Å². The van der Waals surface area contributed by atoms with Crippen molar-refractivity contribution in [2.24, 2.45) is 0 Å². The Bertz CT molecular complexity index is 1060. The second-order valence-corrected chi connectivity index (χ2v) is 7.91. The number of amides is 1. The van der Waals surface area contributed by atoms with E-state index in [2.05, 4.69) is 17.1 Å². The molecule has 1 unspecified atom stereocenters. The first kappa shape index (κ1) is 21.9. The Labute approximate surface area is 189 Å². The van der Waals surface area contributed by atoms with Crippen molar-refractivity contribution in [3.8, 4) is 22.8 Å². The van der Waals surface area contributed by atoms with Crippen LogP contribution >= 0.6 is 0 Å². The molecule has 6 nitrogen and oxygen atoms in total. The number of hydrogen-bond donors (Lipinski definition) is 1. The van der Waals surface area contributed by atoms with Crippen molar-refractivity contribution >= 4 is 5.91 Å². The number of aromatic nitrogens is 2. The highest BCUT2D eigenvalue weighted by Crippen LogP contribution is 2.44. The van der Waals surface area contributed by atoms with Crippen molar-refractivity contribution < 1.29 is 14.3 Å². The van der Waals surface area contributed by atoms with E-state index in [1.54, 1.807) is 0 Å². The van der Waals surface area contributed by atoms with Gasteiger partial charge in [0.1, 0.15) is 5.69 Å². The van der Waals surface area contributed by atoms with E-state index in [9.17, 15) is 4.79 Å². The fraction of sp³-hybridized carbons (Fsp3) is 0.385. The van der Waals surface area contributed by atoms with E-state index in [0.29, 0.717) is 31.2 Å². The average molecular weight is 434 g/mol. The number of carbonyl (C=O) groups excluding carboxylic acids is 1. The van der Waals surface area contributed by atoms with Crippen LogP contribution in [0.15, 0.2) is 48.5 Å². The number of rotatable bonds is 10. The summed E-state index contributed by atoms with van der Waals surface area (Å²) >= 11 is 0. The lowest BCUT2D eigenvalue weighted by molar-refractivity contribution is 0.0740. The molecule has 4 rings (SSSR count). The Morgan fingerprint density at radius 3 is 2.44 bits per heavy atom. The predicted octanol–water partition coefficient (Wildman–Crippen LogP) is 5.61. The molecule has 2 aromatic carbocycles. The number of carbonyl (C=O) groups is 1. The molecule has 0 fully saturated rings. The molecule has 0 radical (unpaired) electrons. The number of unbranched alkanes of at least 4 members (excludes halogenated alkanes) is 2. The van der Waals surface area contributed by atoms with E-state index in [1.807, 2.05) is 67.3 Å². The zero-order chi connectivity index (χ0) is 22.5. The summed E-state index contributed by atoms with van der Waals surface area (Å²) in [4.78, 5) is 15.4. The second kappa shape index (κ2) is 9.90. The molecule has 0 saturated heterocycles. The van der Waals surface area contributed by atoms with E-state index in [-0.39, 0.29) is 11.9 Å². The molecule has 0 aliphatic carbocycles. The van der Waals surface area contributed by atoms with E-state index in [4.69, 9.17) is 9.47 Å². The van der Waals surface area contributed by atoms with Crippen LogP contribution in [0, 0.1) is 0 Å². The quantitative estimate of drug-likeness (QED) is 0.422. The third-order valence-electron chi connectivity index (χ3n) is 5.80. The highest BCUT2D eigenvalue weighted by Gasteiger charge is 2.42. The zero-order valence-electron chi connectivity index (χ0n) is 19.1. The number of aromatic amines is 1. The van der Waals surface area contributed by atoms with Crippen LogP contribution in [0.4, 0.5) is 0 Å². The number of nitrogens with zero attached hydrogens (tertiary/aromatic N) is 2. The normalized spacial score (nSPS) is 15.2. The first-order valence-corrected chi connectivity index (χ1v) is 11.5. The summed E-state index contributed by atoms with van der Waals surface area (Å²) in [6, 6.07) is 15.8. The topological polar surface area (TPSA) is 67.5 Å². The maximum Gasteiger partial charge on any atom is 0.273 e. The largest absolute Gasteiger partial charge is 0.490 e. The number of hydrogen-bond acceptors (Lipinski definition) is 4. The summed E-state index contributed by atoms with van der Waals surface area (Å²) in [5, 5.41) is 7.57. The van der Waals surface area contributed by atoms with Crippen LogP contribution in [0.1, 0.15) is 67.7 Å². The lowest BCUT2D eigenvalue weighted by Gasteiger charge is -2.27. The van der Waals surface area contributed by atoms with Crippen LogP contribution in [0.3, 0.4) is 0 Å². The van der Waals surface area contributed by atoms with Crippen LogP contribution in [-0.2, 0) is 0 Å². The molecule has 1 aliphatic rings. The number of ether oxygens (including phenoxy) is 2. The van der Waals surface area contributed by atoms with E-state index in [0.717, 1.165) is 47.4 Å². The second-order valence-electron chi connectivity index (χ2n) is 7.91. The standard InChI is InChI=1S/C26H31N3O3/c1-4-7-11-16-29-25(19-14-15-20(31-5-2)21(17-19)32-6-3)22-23(18-12-9-8-10-13-18)27-28-24(22)26(29)30/h8-10,12-15,17,25H,4-7,11,16H2,1-3H3,(H,27,28). The van der Waals surface area contributed by atoms with Gasteiger partial charge in [-0.15, -0.1) is 0 Å². The minimum absolute atomic E-state index is 0.00243. The van der Waals surface area contributed by atoms with Gasteiger partial charge in [0.15, 0.2) is 11.5 Å². The van der Waals surface area contributed by atoms with Crippen molar-refractivity contribution in [3.05, 3.63) is 65.4 Å². The first-order valence-electron chi connectivity index (χ1n) is 11.5. The van der Waals surface area contributed by atoms with Gasteiger partial charge in [-0.2, -0.15) is 5.10 Å². The molecule has 1 aromatic heterocycles. The number of H-pyrrole nitrogens is 1. The molecular formula is C26H31N3O3. The van der Waals surface area contributed by atoms with Crippen LogP contribution in [-0.4, -0.2) is 40.8 Å². The third-order valence-corrected chi connectivity index (χ3v) is 5.80. The monoisotopic (exact) mass is 433 g/mol. The maximum absolute atomic E-state index is 13.4. The highest BCUT2D eigenvalue weighted by atomic mass is 16.5. The minimum atomic E-state index is -0.224.